The van der Waals surface area contributed by atoms with Gasteiger partial charge in [-0.2, -0.15) is 12.7 Å². The van der Waals surface area contributed by atoms with Crippen LogP contribution in [0.15, 0.2) is 6.20 Å². The summed E-state index contributed by atoms with van der Waals surface area (Å²) >= 11 is 1.75. The zero-order valence-corrected chi connectivity index (χ0v) is 13.6. The van der Waals surface area contributed by atoms with Gasteiger partial charge >= 0.3 is 0 Å². The molecule has 0 unspecified atom stereocenters. The quantitative estimate of drug-likeness (QED) is 0.865. The van der Waals surface area contributed by atoms with Gasteiger partial charge in [-0.25, -0.2) is 10.1 Å². The number of hydrogen-bond acceptors (Lipinski definition) is 5. The van der Waals surface area contributed by atoms with Crippen LogP contribution in [0.2, 0.25) is 0 Å². The Morgan fingerprint density at radius 2 is 2.00 bits per heavy atom. The van der Waals surface area contributed by atoms with E-state index in [0.717, 1.165) is 13.0 Å². The largest absolute Gasteiger partial charge is 0.296 e. The van der Waals surface area contributed by atoms with Crippen LogP contribution in [0.3, 0.4) is 0 Å². The Morgan fingerprint density at radius 3 is 2.55 bits per heavy atom. The molecular formula is C12H22N4O2S2. The molecule has 1 fully saturated rings. The Balaban J connectivity index is 1.85. The number of aromatic nitrogens is 1. The van der Waals surface area contributed by atoms with Crippen LogP contribution in [-0.4, -0.2) is 48.8 Å². The monoisotopic (exact) mass is 318 g/mol. The Hall–Kier alpha value is -0.540. The topological polar surface area (TPSA) is 79.5 Å². The summed E-state index contributed by atoms with van der Waals surface area (Å²) in [4.78, 5) is 7.93. The molecule has 2 heterocycles. The van der Waals surface area contributed by atoms with Crippen molar-refractivity contribution in [1.29, 1.82) is 0 Å². The van der Waals surface area contributed by atoms with Gasteiger partial charge in [0.15, 0.2) is 0 Å². The number of piperazine rings is 1. The molecule has 2 rings (SSSR count). The number of thiazole rings is 1. The summed E-state index contributed by atoms with van der Waals surface area (Å²) in [6.45, 7) is 7.59. The lowest BCUT2D eigenvalue weighted by atomic mass is 10.1. The highest BCUT2D eigenvalue weighted by molar-refractivity contribution is 7.86. The third-order valence-electron chi connectivity index (χ3n) is 3.25. The molecule has 0 spiro atoms. The molecule has 1 aromatic rings. The van der Waals surface area contributed by atoms with Gasteiger partial charge in [0.1, 0.15) is 0 Å². The van der Waals surface area contributed by atoms with Crippen LogP contribution >= 0.6 is 11.3 Å². The van der Waals surface area contributed by atoms with E-state index in [9.17, 15) is 8.42 Å². The van der Waals surface area contributed by atoms with Gasteiger partial charge in [0, 0.05) is 50.2 Å². The zero-order valence-electron chi connectivity index (χ0n) is 11.9. The van der Waals surface area contributed by atoms with E-state index in [2.05, 4.69) is 23.7 Å². The molecule has 20 heavy (non-hydrogen) atoms. The first-order valence-corrected chi connectivity index (χ1v) is 9.10. The van der Waals surface area contributed by atoms with Gasteiger partial charge in [0.05, 0.1) is 5.01 Å². The molecule has 0 saturated carbocycles. The van der Waals surface area contributed by atoms with Gasteiger partial charge in [0.2, 0.25) is 0 Å². The van der Waals surface area contributed by atoms with Crippen LogP contribution in [-0.2, 0) is 23.2 Å². The summed E-state index contributed by atoms with van der Waals surface area (Å²) in [6, 6.07) is 0. The second-order valence-electron chi connectivity index (χ2n) is 5.54. The van der Waals surface area contributed by atoms with Gasteiger partial charge in [-0.1, -0.05) is 13.8 Å². The first-order valence-electron chi connectivity index (χ1n) is 6.78. The Labute approximate surface area is 124 Å². The lowest BCUT2D eigenvalue weighted by molar-refractivity contribution is 0.183. The van der Waals surface area contributed by atoms with Crippen molar-refractivity contribution < 1.29 is 8.42 Å². The van der Waals surface area contributed by atoms with E-state index in [1.807, 2.05) is 6.20 Å². The van der Waals surface area contributed by atoms with Crippen molar-refractivity contribution in [3.8, 4) is 0 Å². The minimum absolute atomic E-state index is 0.469. The number of rotatable bonds is 5. The molecule has 0 atom stereocenters. The predicted molar refractivity (Wildman–Crippen MR) is 80.6 cm³/mol. The van der Waals surface area contributed by atoms with Crippen LogP contribution < -0.4 is 5.14 Å². The molecule has 1 saturated heterocycles. The maximum Gasteiger partial charge on any atom is 0.276 e. The van der Waals surface area contributed by atoms with E-state index in [-0.39, 0.29) is 0 Å². The highest BCUT2D eigenvalue weighted by atomic mass is 32.2. The second kappa shape index (κ2) is 6.48. The van der Waals surface area contributed by atoms with Crippen LogP contribution in [0.25, 0.3) is 0 Å². The fraction of sp³-hybridized carbons (Fsp3) is 0.750. The molecule has 6 nitrogen and oxygen atoms in total. The average molecular weight is 318 g/mol. The lowest BCUT2D eigenvalue weighted by Crippen LogP contribution is -2.50. The third kappa shape index (κ3) is 4.49. The van der Waals surface area contributed by atoms with Crippen molar-refractivity contribution in [3.63, 3.8) is 0 Å². The first kappa shape index (κ1) is 15.8. The van der Waals surface area contributed by atoms with Gasteiger partial charge in [-0.3, -0.25) is 4.90 Å². The fourth-order valence-corrected chi connectivity index (χ4v) is 4.08. The van der Waals surface area contributed by atoms with Crippen molar-refractivity contribution in [3.05, 3.63) is 16.1 Å². The van der Waals surface area contributed by atoms with Crippen molar-refractivity contribution in [2.24, 2.45) is 11.1 Å². The SMILES string of the molecule is CC(C)Cc1ncc(CN2CCN(S(N)(=O)=O)CC2)s1. The van der Waals surface area contributed by atoms with Crippen molar-refractivity contribution in [2.75, 3.05) is 26.2 Å². The molecule has 0 aliphatic carbocycles. The summed E-state index contributed by atoms with van der Waals surface area (Å²) in [5.41, 5.74) is 0. The standard InChI is InChI=1S/C12H22N4O2S2/c1-10(2)7-12-14-8-11(19-12)9-15-3-5-16(6-4-15)20(13,17)18/h8,10H,3-7,9H2,1-2H3,(H2,13,17,18). The van der Waals surface area contributed by atoms with Gasteiger partial charge in [-0.15, -0.1) is 11.3 Å². The predicted octanol–water partition coefficient (Wildman–Crippen LogP) is 0.663. The molecule has 0 bridgehead atoms. The van der Waals surface area contributed by atoms with Gasteiger partial charge < -0.3 is 0 Å². The number of nitrogens with two attached hydrogens (primary N) is 1. The molecule has 0 radical (unpaired) electrons. The van der Waals surface area contributed by atoms with Crippen LogP contribution in [0, 0.1) is 5.92 Å². The molecule has 114 valence electrons. The average Bonchev–Trinajstić information content (AvgIpc) is 2.75. The van der Waals surface area contributed by atoms with Crippen LogP contribution in [0.5, 0.6) is 0 Å². The molecule has 1 aromatic heterocycles. The van der Waals surface area contributed by atoms with E-state index in [1.54, 1.807) is 11.3 Å². The lowest BCUT2D eigenvalue weighted by Gasteiger charge is -2.32. The summed E-state index contributed by atoms with van der Waals surface area (Å²) in [7, 11) is -3.53. The number of hydrogen-bond donors (Lipinski definition) is 1. The molecule has 8 heteroatoms. The molecule has 2 N–H and O–H groups in total. The normalized spacial score (nSPS) is 18.8. The minimum Gasteiger partial charge on any atom is -0.296 e. The van der Waals surface area contributed by atoms with Gasteiger partial charge in [0.25, 0.3) is 10.2 Å². The van der Waals surface area contributed by atoms with E-state index in [4.69, 9.17) is 5.14 Å². The molecule has 1 aliphatic rings. The highest BCUT2D eigenvalue weighted by Crippen LogP contribution is 2.19. The van der Waals surface area contributed by atoms with Crippen molar-refractivity contribution in [2.45, 2.75) is 26.8 Å². The Bertz CT molecular complexity index is 533. The van der Waals surface area contributed by atoms with Crippen LogP contribution in [0.4, 0.5) is 0 Å². The first-order chi connectivity index (χ1) is 9.34. The van der Waals surface area contributed by atoms with E-state index in [0.29, 0.717) is 32.1 Å². The zero-order chi connectivity index (χ0) is 14.8. The van der Waals surface area contributed by atoms with E-state index in [1.165, 1.54) is 14.2 Å². The number of nitrogens with zero attached hydrogens (tertiary/aromatic N) is 3. The smallest absolute Gasteiger partial charge is 0.276 e. The highest BCUT2D eigenvalue weighted by Gasteiger charge is 2.24. The van der Waals surface area contributed by atoms with Crippen molar-refractivity contribution >= 4 is 21.5 Å². The summed E-state index contributed by atoms with van der Waals surface area (Å²) in [5, 5.41) is 6.31. The van der Waals surface area contributed by atoms with Crippen molar-refractivity contribution in [1.82, 2.24) is 14.2 Å². The molecule has 1 aliphatic heterocycles. The van der Waals surface area contributed by atoms with E-state index < -0.39 is 10.2 Å². The summed E-state index contributed by atoms with van der Waals surface area (Å²) in [5.74, 6) is 0.618. The molecular weight excluding hydrogens is 296 g/mol. The summed E-state index contributed by atoms with van der Waals surface area (Å²) < 4.78 is 23.8. The molecule has 0 aromatic carbocycles. The maximum atomic E-state index is 11.2. The second-order valence-corrected chi connectivity index (χ2v) is 8.28. The Kier molecular flexibility index (Phi) is 5.14. The third-order valence-corrected chi connectivity index (χ3v) is 5.34. The van der Waals surface area contributed by atoms with E-state index >= 15 is 0 Å². The molecule has 0 amide bonds. The minimum atomic E-state index is -3.53. The van der Waals surface area contributed by atoms with Gasteiger partial charge in [-0.05, 0) is 5.92 Å². The fourth-order valence-electron chi connectivity index (χ4n) is 2.23. The summed E-state index contributed by atoms with van der Waals surface area (Å²) in [6.07, 6.45) is 2.96. The Morgan fingerprint density at radius 1 is 1.35 bits per heavy atom. The maximum absolute atomic E-state index is 11.2. The van der Waals surface area contributed by atoms with Crippen LogP contribution in [0.1, 0.15) is 23.7 Å².